The second-order valence-corrected chi connectivity index (χ2v) is 6.87. The van der Waals surface area contributed by atoms with Crippen molar-refractivity contribution in [2.75, 3.05) is 33.1 Å². The number of hydrogen-bond acceptors (Lipinski definition) is 4. The quantitative estimate of drug-likeness (QED) is 0.889. The number of methoxy groups -OCH3 is 2. The van der Waals surface area contributed by atoms with Gasteiger partial charge in [0.1, 0.15) is 0 Å². The molecule has 2 aromatic rings. The Morgan fingerprint density at radius 1 is 1.23 bits per heavy atom. The molecular weight excluding hydrogens is 330 g/mol. The van der Waals surface area contributed by atoms with Crippen LogP contribution in [0.4, 0.5) is 10.5 Å². The van der Waals surface area contributed by atoms with Crippen LogP contribution in [0.25, 0.3) is 11.1 Å². The maximum Gasteiger partial charge on any atom is 0.316 e. The molecule has 0 aromatic heterocycles. The number of primary amides is 1. The van der Waals surface area contributed by atoms with E-state index in [1.54, 1.807) is 14.2 Å². The molecule has 0 spiro atoms. The normalized spacial score (nSPS) is 17.9. The fourth-order valence-corrected chi connectivity index (χ4v) is 4.26. The third-order valence-electron chi connectivity index (χ3n) is 5.45. The molecule has 1 aliphatic heterocycles. The first-order valence-electron chi connectivity index (χ1n) is 8.71. The molecule has 1 unspecified atom stereocenters. The average molecular weight is 353 g/mol. The summed E-state index contributed by atoms with van der Waals surface area (Å²) in [4.78, 5) is 13.7. The van der Waals surface area contributed by atoms with Crippen LogP contribution in [0.1, 0.15) is 22.7 Å². The first kappa shape index (κ1) is 16.7. The van der Waals surface area contributed by atoms with Gasteiger partial charge in [-0.1, -0.05) is 6.07 Å². The Hall–Kier alpha value is -2.73. The Bertz CT molecular complexity index is 894. The number of rotatable bonds is 3. The van der Waals surface area contributed by atoms with E-state index in [2.05, 4.69) is 29.4 Å². The summed E-state index contributed by atoms with van der Waals surface area (Å²) in [6, 6.07) is 7.78. The van der Waals surface area contributed by atoms with Crippen molar-refractivity contribution in [1.29, 1.82) is 0 Å². The zero-order valence-electron chi connectivity index (χ0n) is 15.3. The third kappa shape index (κ3) is 2.49. The van der Waals surface area contributed by atoms with Crippen LogP contribution in [0.2, 0.25) is 0 Å². The maximum absolute atomic E-state index is 11.3. The van der Waals surface area contributed by atoms with E-state index in [9.17, 15) is 4.79 Å². The molecule has 6 nitrogen and oxygen atoms in total. The first-order valence-corrected chi connectivity index (χ1v) is 8.71. The van der Waals surface area contributed by atoms with Gasteiger partial charge in [0.25, 0.3) is 0 Å². The van der Waals surface area contributed by atoms with Gasteiger partial charge in [0.2, 0.25) is 0 Å². The van der Waals surface area contributed by atoms with E-state index < -0.39 is 6.03 Å². The number of nitrogens with zero attached hydrogens (tertiary/aromatic N) is 1. The molecule has 4 rings (SSSR count). The summed E-state index contributed by atoms with van der Waals surface area (Å²) in [5, 5.41) is 2.67. The molecule has 1 atom stereocenters. The Labute approximate surface area is 152 Å². The summed E-state index contributed by atoms with van der Waals surface area (Å²) in [5.74, 6) is 1.48. The lowest BCUT2D eigenvalue weighted by atomic mass is 9.76. The number of urea groups is 1. The monoisotopic (exact) mass is 353 g/mol. The van der Waals surface area contributed by atoms with Crippen molar-refractivity contribution >= 4 is 11.7 Å². The highest BCUT2D eigenvalue weighted by molar-refractivity contribution is 5.91. The molecule has 0 saturated heterocycles. The number of likely N-dealkylation sites (N-methyl/N-ethyl adjacent to an activating group) is 1. The number of nitrogens with two attached hydrogens (primary N) is 1. The molecule has 2 amide bonds. The Kier molecular flexibility index (Phi) is 4.00. The molecule has 0 fully saturated rings. The van der Waals surface area contributed by atoms with Crippen LogP contribution in [0, 0.1) is 0 Å². The predicted octanol–water partition coefficient (Wildman–Crippen LogP) is 2.95. The highest BCUT2D eigenvalue weighted by Crippen LogP contribution is 2.52. The van der Waals surface area contributed by atoms with Crippen LogP contribution in [0.3, 0.4) is 0 Å². The Morgan fingerprint density at radius 3 is 2.73 bits per heavy atom. The predicted molar refractivity (Wildman–Crippen MR) is 101 cm³/mol. The second-order valence-electron chi connectivity index (χ2n) is 6.87. The van der Waals surface area contributed by atoms with Crippen molar-refractivity contribution < 1.29 is 14.3 Å². The summed E-state index contributed by atoms with van der Waals surface area (Å²) in [6.07, 6.45) is 1.91. The maximum atomic E-state index is 11.3. The van der Waals surface area contributed by atoms with Gasteiger partial charge in [0.05, 0.1) is 14.2 Å². The minimum Gasteiger partial charge on any atom is -0.493 e. The van der Waals surface area contributed by atoms with Crippen LogP contribution in [0.5, 0.6) is 11.5 Å². The van der Waals surface area contributed by atoms with E-state index >= 15 is 0 Å². The van der Waals surface area contributed by atoms with Gasteiger partial charge >= 0.3 is 6.03 Å². The molecule has 0 bridgehead atoms. The number of amides is 2. The molecule has 136 valence electrons. The number of hydrogen-bond donors (Lipinski definition) is 2. The van der Waals surface area contributed by atoms with Gasteiger partial charge in [-0.2, -0.15) is 0 Å². The van der Waals surface area contributed by atoms with Crippen LogP contribution >= 0.6 is 0 Å². The minimum absolute atomic E-state index is 0.316. The van der Waals surface area contributed by atoms with E-state index in [1.165, 1.54) is 16.7 Å². The summed E-state index contributed by atoms with van der Waals surface area (Å²) in [5.41, 5.74) is 11.9. The lowest BCUT2D eigenvalue weighted by molar-refractivity contribution is 0.226. The van der Waals surface area contributed by atoms with E-state index in [4.69, 9.17) is 15.2 Å². The van der Waals surface area contributed by atoms with Crippen molar-refractivity contribution in [3.05, 3.63) is 41.0 Å². The number of fused-ring (bicyclic) bond motifs is 2. The topological polar surface area (TPSA) is 76.8 Å². The molecule has 26 heavy (non-hydrogen) atoms. The third-order valence-corrected chi connectivity index (χ3v) is 5.45. The van der Waals surface area contributed by atoms with E-state index in [0.29, 0.717) is 11.7 Å². The zero-order chi connectivity index (χ0) is 18.4. The molecule has 3 N–H and O–H groups in total. The Balaban J connectivity index is 2.00. The van der Waals surface area contributed by atoms with Crippen LogP contribution < -0.4 is 20.5 Å². The van der Waals surface area contributed by atoms with Crippen molar-refractivity contribution in [2.24, 2.45) is 5.73 Å². The van der Waals surface area contributed by atoms with Crippen molar-refractivity contribution in [3.8, 4) is 22.6 Å². The highest BCUT2D eigenvalue weighted by atomic mass is 16.5. The Morgan fingerprint density at radius 2 is 2.04 bits per heavy atom. The largest absolute Gasteiger partial charge is 0.493 e. The van der Waals surface area contributed by atoms with Crippen molar-refractivity contribution in [2.45, 2.75) is 18.9 Å². The second kappa shape index (κ2) is 6.21. The molecule has 6 heteroatoms. The standard InChI is InChI=1S/C20H23N3O3/c1-23-7-6-12-9-16(25-2)19(26-3)18-14-10-13(22-20(21)24)5-4-11(14)8-15(23)17(12)18/h4-5,9-10,15H,6-8H2,1-3H3,(H3,21,22,24). The van der Waals surface area contributed by atoms with Gasteiger partial charge in [-0.15, -0.1) is 0 Å². The fraction of sp³-hybridized carbons (Fsp3) is 0.350. The number of benzene rings is 2. The molecule has 2 aromatic carbocycles. The summed E-state index contributed by atoms with van der Waals surface area (Å²) in [7, 11) is 5.50. The molecule has 0 radical (unpaired) electrons. The summed E-state index contributed by atoms with van der Waals surface area (Å²) < 4.78 is 11.4. The fourth-order valence-electron chi connectivity index (χ4n) is 4.26. The van der Waals surface area contributed by atoms with Crippen molar-refractivity contribution in [3.63, 3.8) is 0 Å². The van der Waals surface area contributed by atoms with Gasteiger partial charge in [-0.25, -0.2) is 4.79 Å². The lowest BCUT2D eigenvalue weighted by Gasteiger charge is -2.40. The van der Waals surface area contributed by atoms with Crippen LogP contribution in [-0.2, 0) is 12.8 Å². The summed E-state index contributed by atoms with van der Waals surface area (Å²) in [6.45, 7) is 1.02. The molecule has 1 aliphatic carbocycles. The number of carbonyl (C=O) groups is 1. The summed E-state index contributed by atoms with van der Waals surface area (Å²) >= 11 is 0. The average Bonchev–Trinajstić information content (AvgIpc) is 2.63. The molecular formula is C20H23N3O3. The van der Waals surface area contributed by atoms with E-state index in [1.807, 2.05) is 12.1 Å². The zero-order valence-corrected chi connectivity index (χ0v) is 15.3. The molecule has 0 saturated carbocycles. The number of ether oxygens (including phenoxy) is 2. The molecule has 1 heterocycles. The van der Waals surface area contributed by atoms with Gasteiger partial charge in [0, 0.05) is 23.8 Å². The smallest absolute Gasteiger partial charge is 0.316 e. The van der Waals surface area contributed by atoms with Gasteiger partial charge in [-0.05, 0) is 60.3 Å². The van der Waals surface area contributed by atoms with Crippen molar-refractivity contribution in [1.82, 2.24) is 4.90 Å². The van der Waals surface area contributed by atoms with Gasteiger partial charge < -0.3 is 20.5 Å². The van der Waals surface area contributed by atoms with Crippen LogP contribution in [0.15, 0.2) is 24.3 Å². The number of nitrogens with one attached hydrogen (secondary N) is 1. The van der Waals surface area contributed by atoms with Gasteiger partial charge in [-0.3, -0.25) is 4.90 Å². The SMILES string of the molecule is COc1cc2c3c(c1OC)-c1cc(NC(N)=O)ccc1CC3N(C)CC2. The van der Waals surface area contributed by atoms with Crippen LogP contribution in [-0.4, -0.2) is 38.7 Å². The first-order chi connectivity index (χ1) is 12.5. The van der Waals surface area contributed by atoms with Gasteiger partial charge in [0.15, 0.2) is 11.5 Å². The number of anilines is 1. The number of carbonyl (C=O) groups excluding carboxylic acids is 1. The minimum atomic E-state index is -0.571. The molecule has 2 aliphatic rings. The highest BCUT2D eigenvalue weighted by Gasteiger charge is 2.36. The lowest BCUT2D eigenvalue weighted by Crippen LogP contribution is -2.35. The van der Waals surface area contributed by atoms with E-state index in [0.717, 1.165) is 42.0 Å². The van der Waals surface area contributed by atoms with E-state index in [-0.39, 0.29) is 0 Å².